The van der Waals surface area contributed by atoms with Gasteiger partial charge in [-0.3, -0.25) is 4.79 Å². The number of primary amides is 1. The van der Waals surface area contributed by atoms with Gasteiger partial charge in [0.15, 0.2) is 0 Å². The van der Waals surface area contributed by atoms with E-state index in [9.17, 15) is 18.0 Å². The molecule has 0 aliphatic heterocycles. The average molecular weight is 414 g/mol. The Labute approximate surface area is 171 Å². The molecule has 2 aliphatic carbocycles. The number of amides is 1. The van der Waals surface area contributed by atoms with Crippen LogP contribution < -0.4 is 10.5 Å². The van der Waals surface area contributed by atoms with Crippen LogP contribution >= 0.6 is 0 Å². The van der Waals surface area contributed by atoms with Crippen molar-refractivity contribution in [2.45, 2.75) is 49.3 Å². The van der Waals surface area contributed by atoms with Crippen LogP contribution in [0.15, 0.2) is 48.7 Å². The highest BCUT2D eigenvalue weighted by atomic mass is 19.4. The van der Waals surface area contributed by atoms with Gasteiger partial charge in [-0.15, -0.1) is 0 Å². The second-order valence-corrected chi connectivity index (χ2v) is 8.35. The maximum Gasteiger partial charge on any atom is 0.416 e. The minimum Gasteiger partial charge on any atom is -0.483 e. The number of hydrogen-bond acceptors (Lipinski definition) is 2. The van der Waals surface area contributed by atoms with Crippen LogP contribution in [-0.2, 0) is 22.0 Å². The molecule has 156 valence electrons. The zero-order valence-corrected chi connectivity index (χ0v) is 16.2. The Hall–Kier alpha value is -2.96. The summed E-state index contributed by atoms with van der Waals surface area (Å²) < 4.78 is 47.1. The lowest BCUT2D eigenvalue weighted by molar-refractivity contribution is -0.141. The summed E-state index contributed by atoms with van der Waals surface area (Å²) in [7, 11) is 0. The van der Waals surface area contributed by atoms with Gasteiger partial charge in [-0.25, -0.2) is 0 Å². The Bertz CT molecular complexity index is 1140. The average Bonchev–Trinajstić information content (AvgIpc) is 3.38. The molecule has 1 amide bonds. The van der Waals surface area contributed by atoms with Crippen molar-refractivity contribution in [3.8, 4) is 5.75 Å². The Morgan fingerprint density at radius 2 is 1.77 bits per heavy atom. The first-order chi connectivity index (χ1) is 14.3. The fourth-order valence-corrected chi connectivity index (χ4v) is 4.61. The number of fused-ring (bicyclic) bond motifs is 1. The minimum absolute atomic E-state index is 0.175. The van der Waals surface area contributed by atoms with Gasteiger partial charge < -0.3 is 15.5 Å². The number of aromatic amines is 1. The molecule has 2 saturated carbocycles. The monoisotopic (exact) mass is 414 g/mol. The van der Waals surface area contributed by atoms with Crippen LogP contribution in [0.4, 0.5) is 13.2 Å². The van der Waals surface area contributed by atoms with Gasteiger partial charge in [0.1, 0.15) is 11.4 Å². The van der Waals surface area contributed by atoms with Gasteiger partial charge in [0.05, 0.1) is 11.0 Å². The van der Waals surface area contributed by atoms with Crippen LogP contribution in [0, 0.1) is 0 Å². The van der Waals surface area contributed by atoms with Crippen LogP contribution in [0.3, 0.4) is 0 Å². The normalized spacial score (nSPS) is 19.3. The molecule has 3 N–H and O–H groups in total. The van der Waals surface area contributed by atoms with Gasteiger partial charge in [0.25, 0.3) is 0 Å². The molecule has 7 heteroatoms. The first-order valence-corrected chi connectivity index (χ1v) is 10.0. The van der Waals surface area contributed by atoms with E-state index in [1.54, 1.807) is 24.4 Å². The number of carbonyl (C=O) groups excluding carboxylic acids is 1. The van der Waals surface area contributed by atoms with Crippen molar-refractivity contribution in [1.29, 1.82) is 0 Å². The summed E-state index contributed by atoms with van der Waals surface area (Å²) in [6.07, 6.45) is 0.582. The second kappa shape index (κ2) is 6.27. The Kier molecular flexibility index (Phi) is 3.98. The number of nitrogens with one attached hydrogen (secondary N) is 1. The zero-order valence-electron chi connectivity index (χ0n) is 16.2. The number of ether oxygens (including phenoxy) is 1. The molecule has 4 nitrogen and oxygen atoms in total. The standard InChI is InChI=1S/C23H21F3N2O2/c24-23(25,26)17-5-2-1-4-16(17)22(8-3-9-22)30-14-6-7-19-15(12-14)18(13-28-19)21(10-11-21)20(27)29/h1-2,4-7,12-13,28H,3,8-11H2,(H2,27,29). The third kappa shape index (κ3) is 2.79. The SMILES string of the molecule is NC(=O)C1(c2c[nH]c3ccc(OC4(c5ccccc5C(F)(F)F)CCC4)cc23)CC1. The van der Waals surface area contributed by atoms with Crippen LogP contribution in [-0.4, -0.2) is 10.9 Å². The molecule has 0 atom stereocenters. The van der Waals surface area contributed by atoms with Crippen molar-refractivity contribution in [2.24, 2.45) is 5.73 Å². The van der Waals surface area contributed by atoms with Crippen molar-refractivity contribution in [2.75, 3.05) is 0 Å². The highest BCUT2D eigenvalue weighted by Gasteiger charge is 2.51. The van der Waals surface area contributed by atoms with E-state index in [0.29, 0.717) is 31.4 Å². The summed E-state index contributed by atoms with van der Waals surface area (Å²) >= 11 is 0. The Balaban J connectivity index is 1.55. The van der Waals surface area contributed by atoms with Crippen molar-refractivity contribution in [1.82, 2.24) is 4.98 Å². The van der Waals surface area contributed by atoms with E-state index >= 15 is 0 Å². The summed E-state index contributed by atoms with van der Waals surface area (Å²) in [4.78, 5) is 15.1. The highest BCUT2D eigenvalue weighted by Crippen LogP contribution is 2.52. The van der Waals surface area contributed by atoms with Gasteiger partial charge >= 0.3 is 6.18 Å². The molecule has 2 aromatic carbocycles. The van der Waals surface area contributed by atoms with Gasteiger partial charge in [0, 0.05) is 22.7 Å². The van der Waals surface area contributed by atoms with E-state index in [1.165, 1.54) is 12.1 Å². The van der Waals surface area contributed by atoms with E-state index < -0.39 is 22.8 Å². The molecule has 0 bridgehead atoms. The molecule has 0 radical (unpaired) electrons. The molecule has 3 aromatic rings. The van der Waals surface area contributed by atoms with Gasteiger partial charge in [-0.1, -0.05) is 18.2 Å². The third-order valence-electron chi connectivity index (χ3n) is 6.59. The molecular weight excluding hydrogens is 393 g/mol. The lowest BCUT2D eigenvalue weighted by atomic mass is 9.73. The molecule has 2 fully saturated rings. The number of aromatic nitrogens is 1. The number of alkyl halides is 3. The molecular formula is C23H21F3N2O2. The number of benzene rings is 2. The summed E-state index contributed by atoms with van der Waals surface area (Å²) in [5.41, 5.74) is 5.15. The quantitative estimate of drug-likeness (QED) is 0.605. The van der Waals surface area contributed by atoms with E-state index in [0.717, 1.165) is 29.0 Å². The predicted molar refractivity (Wildman–Crippen MR) is 106 cm³/mol. The number of carbonyl (C=O) groups is 1. The van der Waals surface area contributed by atoms with E-state index in [4.69, 9.17) is 10.5 Å². The Morgan fingerprint density at radius 1 is 1.03 bits per heavy atom. The van der Waals surface area contributed by atoms with Crippen molar-refractivity contribution >= 4 is 16.8 Å². The fourth-order valence-electron chi connectivity index (χ4n) is 4.61. The van der Waals surface area contributed by atoms with E-state index in [1.807, 2.05) is 6.07 Å². The summed E-state index contributed by atoms with van der Waals surface area (Å²) in [6.45, 7) is 0. The molecule has 0 saturated heterocycles. The van der Waals surface area contributed by atoms with Crippen LogP contribution in [0.5, 0.6) is 5.75 Å². The van der Waals surface area contributed by atoms with Crippen molar-refractivity contribution < 1.29 is 22.7 Å². The smallest absolute Gasteiger partial charge is 0.416 e. The van der Waals surface area contributed by atoms with Crippen LogP contribution in [0.2, 0.25) is 0 Å². The minimum atomic E-state index is -4.44. The first kappa shape index (κ1) is 19.0. The molecule has 0 spiro atoms. The first-order valence-electron chi connectivity index (χ1n) is 10.0. The summed E-state index contributed by atoms with van der Waals surface area (Å²) in [5, 5.41) is 0.822. The molecule has 1 heterocycles. The number of rotatable bonds is 5. The zero-order chi connectivity index (χ0) is 21.1. The summed E-state index contributed by atoms with van der Waals surface area (Å²) in [5.74, 6) is 0.129. The van der Waals surface area contributed by atoms with Gasteiger partial charge in [-0.2, -0.15) is 13.2 Å². The number of halogens is 3. The lowest BCUT2D eigenvalue weighted by Crippen LogP contribution is -2.41. The topological polar surface area (TPSA) is 68.1 Å². The molecule has 5 rings (SSSR count). The predicted octanol–water partition coefficient (Wildman–Crippen LogP) is 5.16. The largest absolute Gasteiger partial charge is 0.483 e. The number of nitrogens with two attached hydrogens (primary N) is 1. The molecule has 0 unspecified atom stereocenters. The molecule has 1 aromatic heterocycles. The number of hydrogen-bond donors (Lipinski definition) is 2. The fraction of sp³-hybridized carbons (Fsp3) is 0.348. The lowest BCUT2D eigenvalue weighted by Gasteiger charge is -2.43. The maximum absolute atomic E-state index is 13.6. The van der Waals surface area contributed by atoms with Gasteiger partial charge in [-0.05, 0) is 61.9 Å². The van der Waals surface area contributed by atoms with E-state index in [2.05, 4.69) is 4.98 Å². The second-order valence-electron chi connectivity index (χ2n) is 8.35. The van der Waals surface area contributed by atoms with Gasteiger partial charge in [0.2, 0.25) is 5.91 Å². The maximum atomic E-state index is 13.6. The molecule has 2 aliphatic rings. The van der Waals surface area contributed by atoms with Crippen molar-refractivity contribution in [3.05, 3.63) is 65.4 Å². The summed E-state index contributed by atoms with van der Waals surface area (Å²) in [6, 6.07) is 11.0. The molecule has 30 heavy (non-hydrogen) atoms. The highest BCUT2D eigenvalue weighted by molar-refractivity contribution is 5.97. The van der Waals surface area contributed by atoms with Crippen LogP contribution in [0.25, 0.3) is 10.9 Å². The van der Waals surface area contributed by atoms with Crippen molar-refractivity contribution in [3.63, 3.8) is 0 Å². The Morgan fingerprint density at radius 3 is 2.37 bits per heavy atom. The van der Waals surface area contributed by atoms with Crippen LogP contribution in [0.1, 0.15) is 48.8 Å². The number of H-pyrrole nitrogens is 1. The third-order valence-corrected chi connectivity index (χ3v) is 6.59. The van der Waals surface area contributed by atoms with E-state index in [-0.39, 0.29) is 11.5 Å².